The summed E-state index contributed by atoms with van der Waals surface area (Å²) in [6.07, 6.45) is -0.207. The number of ether oxygens (including phenoxy) is 1. The van der Waals surface area contributed by atoms with Crippen LogP contribution in [0.4, 0.5) is 10.5 Å². The molecule has 0 aliphatic carbocycles. The molecule has 1 saturated heterocycles. The van der Waals surface area contributed by atoms with Crippen LogP contribution in [-0.4, -0.2) is 29.3 Å². The van der Waals surface area contributed by atoms with E-state index < -0.39 is 11.7 Å². The summed E-state index contributed by atoms with van der Waals surface area (Å²) in [6, 6.07) is 4.96. The molecular formula is C15H20N2O4. The van der Waals surface area contributed by atoms with Gasteiger partial charge < -0.3 is 15.2 Å². The monoisotopic (exact) mass is 292 g/mol. The molecule has 1 aromatic carbocycles. The molecule has 0 aromatic heterocycles. The number of amides is 2. The molecule has 1 fully saturated rings. The summed E-state index contributed by atoms with van der Waals surface area (Å²) in [5.74, 6) is 0.0205. The third kappa shape index (κ3) is 4.11. The van der Waals surface area contributed by atoms with Crippen LogP contribution in [0.3, 0.4) is 0 Å². The number of phenols is 1. The average Bonchev–Trinajstić information content (AvgIpc) is 2.76. The number of phenolic OH excluding ortho intramolecular Hbond substituents is 1. The van der Waals surface area contributed by atoms with Crippen LogP contribution in [-0.2, 0) is 9.53 Å². The lowest BCUT2D eigenvalue weighted by atomic mass is 9.98. The van der Waals surface area contributed by atoms with E-state index in [0.29, 0.717) is 13.0 Å². The maximum atomic E-state index is 11.7. The topological polar surface area (TPSA) is 87.7 Å². The van der Waals surface area contributed by atoms with Crippen molar-refractivity contribution in [3.63, 3.8) is 0 Å². The quantitative estimate of drug-likeness (QED) is 0.730. The number of benzene rings is 1. The van der Waals surface area contributed by atoms with E-state index in [1.807, 2.05) is 0 Å². The van der Waals surface area contributed by atoms with Gasteiger partial charge in [-0.2, -0.15) is 0 Å². The first kappa shape index (κ1) is 15.2. The Labute approximate surface area is 123 Å². The zero-order valence-electron chi connectivity index (χ0n) is 12.4. The average molecular weight is 292 g/mol. The minimum atomic E-state index is -0.622. The van der Waals surface area contributed by atoms with Crippen molar-refractivity contribution in [3.05, 3.63) is 23.8 Å². The van der Waals surface area contributed by atoms with Gasteiger partial charge in [0.2, 0.25) is 5.91 Å². The standard InChI is InChI=1S/C15H20N2O4/c1-15(2,3)21-14(20)17-11-5-4-9(6-12(11)18)10-7-13(19)16-8-10/h4-6,10,18H,7-8H2,1-3H3,(H,16,19)(H,17,20). The molecule has 0 radical (unpaired) electrons. The number of hydrogen-bond acceptors (Lipinski definition) is 4. The Morgan fingerprint density at radius 2 is 2.14 bits per heavy atom. The molecule has 21 heavy (non-hydrogen) atoms. The van der Waals surface area contributed by atoms with Crippen LogP contribution in [0.25, 0.3) is 0 Å². The van der Waals surface area contributed by atoms with Gasteiger partial charge in [-0.05, 0) is 38.5 Å². The predicted molar refractivity (Wildman–Crippen MR) is 78.3 cm³/mol. The number of hydrogen-bond donors (Lipinski definition) is 3. The van der Waals surface area contributed by atoms with Gasteiger partial charge in [0.05, 0.1) is 5.69 Å². The maximum absolute atomic E-state index is 11.7. The van der Waals surface area contributed by atoms with Gasteiger partial charge in [-0.15, -0.1) is 0 Å². The van der Waals surface area contributed by atoms with E-state index in [4.69, 9.17) is 4.74 Å². The van der Waals surface area contributed by atoms with Crippen molar-refractivity contribution in [2.45, 2.75) is 38.7 Å². The second-order valence-electron chi connectivity index (χ2n) is 6.11. The Bertz CT molecular complexity index is 563. The Morgan fingerprint density at radius 3 is 2.67 bits per heavy atom. The number of rotatable bonds is 2. The largest absolute Gasteiger partial charge is 0.506 e. The maximum Gasteiger partial charge on any atom is 0.412 e. The van der Waals surface area contributed by atoms with E-state index in [1.54, 1.807) is 39.0 Å². The van der Waals surface area contributed by atoms with Crippen molar-refractivity contribution in [2.24, 2.45) is 0 Å². The number of carbonyl (C=O) groups excluding carboxylic acids is 2. The van der Waals surface area contributed by atoms with Crippen molar-refractivity contribution < 1.29 is 19.4 Å². The smallest absolute Gasteiger partial charge is 0.412 e. The molecule has 2 rings (SSSR count). The molecule has 6 heteroatoms. The van der Waals surface area contributed by atoms with Crippen LogP contribution >= 0.6 is 0 Å². The van der Waals surface area contributed by atoms with Crippen LogP contribution in [0, 0.1) is 0 Å². The van der Waals surface area contributed by atoms with Crippen molar-refractivity contribution >= 4 is 17.7 Å². The molecule has 0 bridgehead atoms. The lowest BCUT2D eigenvalue weighted by molar-refractivity contribution is -0.119. The van der Waals surface area contributed by atoms with Crippen molar-refractivity contribution in [1.29, 1.82) is 0 Å². The Kier molecular flexibility index (Phi) is 4.06. The summed E-state index contributed by atoms with van der Waals surface area (Å²) < 4.78 is 5.12. The van der Waals surface area contributed by atoms with E-state index in [9.17, 15) is 14.7 Å². The zero-order chi connectivity index (χ0) is 15.6. The van der Waals surface area contributed by atoms with Crippen LogP contribution in [0.2, 0.25) is 0 Å². The summed E-state index contributed by atoms with van der Waals surface area (Å²) in [4.78, 5) is 22.9. The van der Waals surface area contributed by atoms with Crippen molar-refractivity contribution in [2.75, 3.05) is 11.9 Å². The fourth-order valence-corrected chi connectivity index (χ4v) is 2.16. The Balaban J connectivity index is 2.06. The number of aromatic hydroxyl groups is 1. The highest BCUT2D eigenvalue weighted by Crippen LogP contribution is 2.31. The lowest BCUT2D eigenvalue weighted by Crippen LogP contribution is -2.27. The van der Waals surface area contributed by atoms with Crippen LogP contribution in [0.15, 0.2) is 18.2 Å². The minimum absolute atomic E-state index is 0.00967. The van der Waals surface area contributed by atoms with Gasteiger partial charge in [0.25, 0.3) is 0 Å². The van der Waals surface area contributed by atoms with Gasteiger partial charge >= 0.3 is 6.09 Å². The molecule has 1 aromatic rings. The summed E-state index contributed by atoms with van der Waals surface area (Å²) in [6.45, 7) is 5.86. The van der Waals surface area contributed by atoms with Crippen LogP contribution in [0.5, 0.6) is 5.75 Å². The van der Waals surface area contributed by atoms with E-state index in [0.717, 1.165) is 5.56 Å². The lowest BCUT2D eigenvalue weighted by Gasteiger charge is -2.20. The van der Waals surface area contributed by atoms with Crippen LogP contribution < -0.4 is 10.6 Å². The highest BCUT2D eigenvalue weighted by atomic mass is 16.6. The third-order valence-electron chi connectivity index (χ3n) is 3.11. The highest BCUT2D eigenvalue weighted by molar-refractivity contribution is 5.87. The number of carbonyl (C=O) groups is 2. The molecule has 1 aliphatic heterocycles. The second kappa shape index (κ2) is 5.63. The van der Waals surface area contributed by atoms with E-state index in [-0.39, 0.29) is 23.3 Å². The van der Waals surface area contributed by atoms with Gasteiger partial charge in [-0.25, -0.2) is 4.79 Å². The van der Waals surface area contributed by atoms with Gasteiger partial charge in [-0.1, -0.05) is 6.07 Å². The van der Waals surface area contributed by atoms with Crippen molar-refractivity contribution in [3.8, 4) is 5.75 Å². The summed E-state index contributed by atoms with van der Waals surface area (Å²) in [7, 11) is 0. The first-order valence-corrected chi connectivity index (χ1v) is 6.84. The van der Waals surface area contributed by atoms with E-state index >= 15 is 0 Å². The molecule has 1 atom stereocenters. The fourth-order valence-electron chi connectivity index (χ4n) is 2.16. The molecule has 1 unspecified atom stereocenters. The normalized spacial score (nSPS) is 18.2. The Hall–Kier alpha value is -2.24. The van der Waals surface area contributed by atoms with E-state index in [2.05, 4.69) is 10.6 Å². The summed E-state index contributed by atoms with van der Waals surface area (Å²) in [5, 5.41) is 15.2. The van der Waals surface area contributed by atoms with Gasteiger partial charge in [0.15, 0.2) is 0 Å². The molecule has 3 N–H and O–H groups in total. The zero-order valence-corrected chi connectivity index (χ0v) is 12.4. The van der Waals surface area contributed by atoms with Gasteiger partial charge in [0, 0.05) is 18.9 Å². The Morgan fingerprint density at radius 1 is 1.43 bits per heavy atom. The molecule has 2 amide bonds. The first-order chi connectivity index (χ1) is 9.74. The highest BCUT2D eigenvalue weighted by Gasteiger charge is 2.24. The third-order valence-corrected chi connectivity index (χ3v) is 3.11. The molecule has 1 heterocycles. The van der Waals surface area contributed by atoms with Gasteiger partial charge in [0.1, 0.15) is 11.4 Å². The molecule has 0 saturated carbocycles. The number of nitrogens with one attached hydrogen (secondary N) is 2. The molecule has 114 valence electrons. The molecule has 0 spiro atoms. The fraction of sp³-hybridized carbons (Fsp3) is 0.467. The van der Waals surface area contributed by atoms with Crippen molar-refractivity contribution in [1.82, 2.24) is 5.32 Å². The summed E-state index contributed by atoms with van der Waals surface area (Å²) >= 11 is 0. The predicted octanol–water partition coefficient (Wildman–Crippen LogP) is 2.34. The minimum Gasteiger partial charge on any atom is -0.506 e. The summed E-state index contributed by atoms with van der Waals surface area (Å²) in [5.41, 5.74) is 0.543. The SMILES string of the molecule is CC(C)(C)OC(=O)Nc1ccc(C2CNC(=O)C2)cc1O. The van der Waals surface area contributed by atoms with Gasteiger partial charge in [-0.3, -0.25) is 10.1 Å². The van der Waals surface area contributed by atoms with E-state index in [1.165, 1.54) is 0 Å². The molecule has 6 nitrogen and oxygen atoms in total. The molecule has 1 aliphatic rings. The molecular weight excluding hydrogens is 272 g/mol. The van der Waals surface area contributed by atoms with Crippen LogP contribution in [0.1, 0.15) is 38.7 Å². The number of anilines is 1. The second-order valence-corrected chi connectivity index (χ2v) is 6.11. The first-order valence-electron chi connectivity index (χ1n) is 6.84.